The molecule has 2 N–H and O–H groups in total. The van der Waals surface area contributed by atoms with Gasteiger partial charge < -0.3 is 10.6 Å². The van der Waals surface area contributed by atoms with E-state index < -0.39 is 5.97 Å². The molecule has 138 valence electrons. The zero-order chi connectivity index (χ0) is 19.4. The van der Waals surface area contributed by atoms with Crippen LogP contribution in [0.5, 0.6) is 0 Å². The minimum Gasteiger partial charge on any atom is -0.461 e. The Morgan fingerprint density at radius 3 is 2.56 bits per heavy atom. The maximum absolute atomic E-state index is 12.5. The Morgan fingerprint density at radius 2 is 1.93 bits per heavy atom. The zero-order valence-corrected chi connectivity index (χ0v) is 15.9. The van der Waals surface area contributed by atoms with E-state index in [1.807, 2.05) is 18.2 Å². The van der Waals surface area contributed by atoms with E-state index in [-0.39, 0.29) is 12.3 Å². The van der Waals surface area contributed by atoms with Gasteiger partial charge in [-0.25, -0.2) is 9.78 Å². The van der Waals surface area contributed by atoms with E-state index in [1.54, 1.807) is 41.8 Å². The van der Waals surface area contributed by atoms with Crippen molar-refractivity contribution in [2.75, 3.05) is 6.61 Å². The molecule has 0 amide bonds. The van der Waals surface area contributed by atoms with Crippen LogP contribution in [-0.4, -0.2) is 28.3 Å². The molecule has 0 fully saturated rings. The summed E-state index contributed by atoms with van der Waals surface area (Å²) in [5.74, 6) is 5.27. The van der Waals surface area contributed by atoms with Crippen LogP contribution in [0, 0.1) is 0 Å². The van der Waals surface area contributed by atoms with Crippen LogP contribution >= 0.6 is 23.2 Å². The molecule has 0 aliphatic carbocycles. The summed E-state index contributed by atoms with van der Waals surface area (Å²) in [5, 5.41) is 4.66. The molecule has 27 heavy (non-hydrogen) atoms. The highest BCUT2D eigenvalue weighted by atomic mass is 35.5. The van der Waals surface area contributed by atoms with Crippen LogP contribution in [0.4, 0.5) is 0 Å². The number of hydrogen-bond acceptors (Lipinski definition) is 5. The summed E-state index contributed by atoms with van der Waals surface area (Å²) in [6.45, 7) is 1.94. The Bertz CT molecular complexity index is 997. The lowest BCUT2D eigenvalue weighted by Crippen LogP contribution is -2.10. The molecule has 0 saturated heterocycles. The fraction of sp³-hybridized carbons (Fsp3) is 0.105. The van der Waals surface area contributed by atoms with Crippen molar-refractivity contribution in [2.24, 2.45) is 10.9 Å². The topological polar surface area (TPSA) is 82.5 Å². The smallest absolute Gasteiger partial charge is 0.359 e. The highest BCUT2D eigenvalue weighted by Crippen LogP contribution is 2.31. The summed E-state index contributed by atoms with van der Waals surface area (Å²) in [5.41, 5.74) is 1.84. The molecule has 0 atom stereocenters. The third kappa shape index (κ3) is 3.82. The van der Waals surface area contributed by atoms with Crippen molar-refractivity contribution >= 4 is 35.4 Å². The van der Waals surface area contributed by atoms with Crippen molar-refractivity contribution in [3.05, 3.63) is 70.0 Å². The lowest BCUT2D eigenvalue weighted by molar-refractivity contribution is 0.0520. The van der Waals surface area contributed by atoms with Crippen LogP contribution in [0.2, 0.25) is 10.0 Å². The SMILES string of the molecule is CCOC(=O)c1nc(-c2ccccc2Cl)n(-c2ccc(Cl)cc2)c1/C=N\N. The van der Waals surface area contributed by atoms with Crippen molar-refractivity contribution in [1.82, 2.24) is 9.55 Å². The fourth-order valence-electron chi connectivity index (χ4n) is 2.65. The molecule has 3 rings (SSSR count). The summed E-state index contributed by atoms with van der Waals surface area (Å²) in [6, 6.07) is 14.3. The van der Waals surface area contributed by atoms with Crippen LogP contribution in [0.15, 0.2) is 53.6 Å². The standard InChI is InChI=1S/C19H16Cl2N4O2/c1-2-27-19(26)17-16(11-23-22)25(13-9-7-12(20)8-10-13)18(24-17)14-5-3-4-6-15(14)21/h3-11H,2,22H2,1H3/b23-11-. The average molecular weight is 403 g/mol. The van der Waals surface area contributed by atoms with Crippen molar-refractivity contribution in [2.45, 2.75) is 6.92 Å². The number of esters is 1. The molecule has 6 nitrogen and oxygen atoms in total. The lowest BCUT2D eigenvalue weighted by atomic mass is 10.2. The third-order valence-corrected chi connectivity index (χ3v) is 4.36. The van der Waals surface area contributed by atoms with Gasteiger partial charge in [0.25, 0.3) is 0 Å². The van der Waals surface area contributed by atoms with E-state index in [0.29, 0.717) is 32.8 Å². The number of benzene rings is 2. The number of hydrazone groups is 1. The van der Waals surface area contributed by atoms with Crippen molar-refractivity contribution in [3.8, 4) is 17.1 Å². The molecule has 0 aliphatic rings. The number of carbonyl (C=O) groups excluding carboxylic acids is 1. The molecule has 0 saturated carbocycles. The Kier molecular flexibility index (Phi) is 5.78. The quantitative estimate of drug-likeness (QED) is 0.298. The Hall–Kier alpha value is -2.83. The average Bonchev–Trinajstić information content (AvgIpc) is 3.02. The van der Waals surface area contributed by atoms with Crippen LogP contribution in [0.3, 0.4) is 0 Å². The van der Waals surface area contributed by atoms with Gasteiger partial charge in [-0.3, -0.25) is 4.57 Å². The molecule has 8 heteroatoms. The molecule has 0 radical (unpaired) electrons. The first-order valence-corrected chi connectivity index (χ1v) is 8.86. The molecule has 0 spiro atoms. The number of ether oxygens (including phenoxy) is 1. The highest BCUT2D eigenvalue weighted by Gasteiger charge is 2.25. The van der Waals surface area contributed by atoms with Gasteiger partial charge in [0.15, 0.2) is 5.69 Å². The van der Waals surface area contributed by atoms with Crippen molar-refractivity contribution < 1.29 is 9.53 Å². The van der Waals surface area contributed by atoms with Gasteiger partial charge in [0, 0.05) is 16.3 Å². The molecule has 0 bridgehead atoms. The predicted octanol–water partition coefficient (Wildman–Crippen LogP) is 4.32. The minimum atomic E-state index is -0.576. The number of aromatic nitrogens is 2. The normalized spacial score (nSPS) is 11.1. The van der Waals surface area contributed by atoms with Gasteiger partial charge in [-0.05, 0) is 43.3 Å². The highest BCUT2D eigenvalue weighted by molar-refractivity contribution is 6.33. The van der Waals surface area contributed by atoms with Crippen LogP contribution < -0.4 is 5.84 Å². The monoisotopic (exact) mass is 402 g/mol. The number of rotatable bonds is 5. The number of nitrogens with two attached hydrogens (primary N) is 1. The van der Waals surface area contributed by atoms with Gasteiger partial charge in [0.05, 0.1) is 17.8 Å². The lowest BCUT2D eigenvalue weighted by Gasteiger charge is -2.11. The molecule has 1 heterocycles. The molecular weight excluding hydrogens is 387 g/mol. The van der Waals surface area contributed by atoms with E-state index in [4.69, 9.17) is 33.8 Å². The fourth-order valence-corrected chi connectivity index (χ4v) is 2.99. The van der Waals surface area contributed by atoms with Crippen LogP contribution in [0.1, 0.15) is 23.1 Å². The Morgan fingerprint density at radius 1 is 1.22 bits per heavy atom. The van der Waals surface area contributed by atoms with Crippen molar-refractivity contribution in [3.63, 3.8) is 0 Å². The maximum Gasteiger partial charge on any atom is 0.359 e. The Labute approximate surface area is 166 Å². The third-order valence-electron chi connectivity index (χ3n) is 3.78. The van der Waals surface area contributed by atoms with Gasteiger partial charge in [0.1, 0.15) is 11.5 Å². The first kappa shape index (κ1) is 18.9. The van der Waals surface area contributed by atoms with E-state index in [1.165, 1.54) is 6.21 Å². The first-order chi connectivity index (χ1) is 13.1. The van der Waals surface area contributed by atoms with Crippen LogP contribution in [0.25, 0.3) is 17.1 Å². The largest absolute Gasteiger partial charge is 0.461 e. The number of imidazole rings is 1. The number of halogens is 2. The first-order valence-electron chi connectivity index (χ1n) is 8.10. The van der Waals surface area contributed by atoms with Crippen molar-refractivity contribution in [1.29, 1.82) is 0 Å². The van der Waals surface area contributed by atoms with Gasteiger partial charge in [0.2, 0.25) is 0 Å². The van der Waals surface area contributed by atoms with E-state index in [0.717, 1.165) is 0 Å². The number of nitrogens with zero attached hydrogens (tertiary/aromatic N) is 3. The van der Waals surface area contributed by atoms with E-state index in [9.17, 15) is 4.79 Å². The minimum absolute atomic E-state index is 0.0934. The molecule has 3 aromatic rings. The molecule has 1 aromatic heterocycles. The summed E-state index contributed by atoms with van der Waals surface area (Å²) < 4.78 is 6.87. The molecule has 0 aliphatic heterocycles. The molecule has 2 aromatic carbocycles. The van der Waals surface area contributed by atoms with Gasteiger partial charge >= 0.3 is 5.97 Å². The summed E-state index contributed by atoms with van der Waals surface area (Å²) in [6.07, 6.45) is 1.36. The summed E-state index contributed by atoms with van der Waals surface area (Å²) >= 11 is 12.4. The maximum atomic E-state index is 12.5. The van der Waals surface area contributed by atoms with E-state index >= 15 is 0 Å². The summed E-state index contributed by atoms with van der Waals surface area (Å²) in [4.78, 5) is 17.0. The molecule has 0 unspecified atom stereocenters. The summed E-state index contributed by atoms with van der Waals surface area (Å²) in [7, 11) is 0. The van der Waals surface area contributed by atoms with Gasteiger partial charge in [-0.2, -0.15) is 5.10 Å². The van der Waals surface area contributed by atoms with Gasteiger partial charge in [-0.1, -0.05) is 35.3 Å². The second kappa shape index (κ2) is 8.24. The second-order valence-electron chi connectivity index (χ2n) is 5.46. The number of carbonyl (C=O) groups is 1. The molecular formula is C19H16Cl2N4O2. The van der Waals surface area contributed by atoms with E-state index in [2.05, 4.69) is 10.1 Å². The number of hydrogen-bond donors (Lipinski definition) is 1. The van der Waals surface area contributed by atoms with Gasteiger partial charge in [-0.15, -0.1) is 0 Å². The second-order valence-corrected chi connectivity index (χ2v) is 6.30. The zero-order valence-electron chi connectivity index (χ0n) is 14.4. The Balaban J connectivity index is 2.34. The predicted molar refractivity (Wildman–Crippen MR) is 107 cm³/mol. The van der Waals surface area contributed by atoms with Crippen LogP contribution in [-0.2, 0) is 4.74 Å².